The van der Waals surface area contributed by atoms with E-state index in [9.17, 15) is 35.2 Å². The van der Waals surface area contributed by atoms with Gasteiger partial charge < -0.3 is 19.9 Å². The predicted octanol–water partition coefficient (Wildman–Crippen LogP) is 5.73. The minimum Gasteiger partial charge on any atom is -0.444 e. The largest absolute Gasteiger partial charge is 0.444 e. The first kappa shape index (κ1) is 37.0. The molecule has 0 spiro atoms. The average Bonchev–Trinajstić information content (AvgIpc) is 2.97. The van der Waals surface area contributed by atoms with Crippen LogP contribution in [0.25, 0.3) is 0 Å². The van der Waals surface area contributed by atoms with Crippen LogP contribution in [0, 0.1) is 0 Å². The quantitative estimate of drug-likeness (QED) is 0.280. The summed E-state index contributed by atoms with van der Waals surface area (Å²) in [4.78, 5) is 29.0. The number of halogens is 2. The molecule has 1 heterocycles. The van der Waals surface area contributed by atoms with Crippen LogP contribution in [0.5, 0.6) is 0 Å². The van der Waals surface area contributed by atoms with Gasteiger partial charge in [-0.05, 0) is 69.7 Å². The summed E-state index contributed by atoms with van der Waals surface area (Å²) in [6.07, 6.45) is 1.94. The molecule has 0 radical (unpaired) electrons. The van der Waals surface area contributed by atoms with E-state index in [2.05, 4.69) is 5.32 Å². The molecule has 2 aromatic rings. The lowest BCUT2D eigenvalue weighted by Gasteiger charge is -2.37. The number of sulfonamides is 1. The molecule has 3 rings (SSSR count). The van der Waals surface area contributed by atoms with Gasteiger partial charge in [-0.15, -0.1) is 0 Å². The van der Waals surface area contributed by atoms with Crippen LogP contribution in [0.2, 0.25) is 0 Å². The third-order valence-corrected chi connectivity index (χ3v) is 10.6. The number of carbonyl (C=O) groups excluding carboxylic acids is 2. The van der Waals surface area contributed by atoms with E-state index in [-0.39, 0.29) is 23.4 Å². The lowest BCUT2D eigenvalue weighted by Crippen LogP contribution is -2.50. The number of hydrogen-bond acceptors (Lipinski definition) is 8. The highest BCUT2D eigenvalue weighted by molar-refractivity contribution is 7.92. The number of sulfone groups is 1. The van der Waals surface area contributed by atoms with E-state index in [1.54, 1.807) is 31.7 Å². The summed E-state index contributed by atoms with van der Waals surface area (Å²) in [6.45, 7) is 8.88. The van der Waals surface area contributed by atoms with Crippen molar-refractivity contribution in [1.82, 2.24) is 4.90 Å². The van der Waals surface area contributed by atoms with E-state index in [0.717, 1.165) is 35.5 Å². The molecule has 11 nitrogen and oxygen atoms in total. The second kappa shape index (κ2) is 14.5. The van der Waals surface area contributed by atoms with Crippen LogP contribution >= 0.6 is 0 Å². The van der Waals surface area contributed by atoms with Crippen LogP contribution in [-0.2, 0) is 24.6 Å². The zero-order valence-electron chi connectivity index (χ0n) is 27.2. The van der Waals surface area contributed by atoms with Crippen LogP contribution in [0.3, 0.4) is 0 Å². The third kappa shape index (κ3) is 9.30. The monoisotopic (exact) mass is 686 g/mol. The van der Waals surface area contributed by atoms with Gasteiger partial charge in [0.15, 0.2) is 0 Å². The van der Waals surface area contributed by atoms with Crippen molar-refractivity contribution in [3.8, 4) is 0 Å². The van der Waals surface area contributed by atoms with Gasteiger partial charge in [0, 0.05) is 51.0 Å². The smallest absolute Gasteiger partial charge is 0.410 e. The summed E-state index contributed by atoms with van der Waals surface area (Å²) < 4.78 is 85.8. The standard InChI is InChI=1S/C31H44F2N4O7S2/c1-7-8-9-10-17-31(32,33)46(42,43)25-14-11-23(12-15-25)34-28(38)26-22-24(13-16-27(26)35(5)45(6,40)41)36-18-20-37(21-19-36)29(39)44-30(2,3)4/h11-16,22H,7-10,17-21H2,1-6H3,(H,34,38). The second-order valence-electron chi connectivity index (χ2n) is 12.3. The van der Waals surface area contributed by atoms with E-state index < -0.39 is 54.0 Å². The van der Waals surface area contributed by atoms with Crippen LogP contribution in [0.15, 0.2) is 47.4 Å². The number of piperazine rings is 1. The molecule has 1 saturated heterocycles. The first-order valence-electron chi connectivity index (χ1n) is 15.1. The number of alkyl halides is 2. The fourth-order valence-corrected chi connectivity index (χ4v) is 6.58. The van der Waals surface area contributed by atoms with Gasteiger partial charge >= 0.3 is 11.3 Å². The summed E-state index contributed by atoms with van der Waals surface area (Å²) in [7, 11) is -7.40. The van der Waals surface area contributed by atoms with Crippen molar-refractivity contribution in [2.45, 2.75) is 75.6 Å². The van der Waals surface area contributed by atoms with Gasteiger partial charge in [-0.3, -0.25) is 9.10 Å². The number of ether oxygens (including phenoxy) is 1. The summed E-state index contributed by atoms with van der Waals surface area (Å²) in [5, 5.41) is -1.32. The maximum absolute atomic E-state index is 14.6. The number of carbonyl (C=O) groups is 2. The highest BCUT2D eigenvalue weighted by Gasteiger charge is 2.45. The fraction of sp³-hybridized carbons (Fsp3) is 0.548. The molecule has 256 valence electrons. The van der Waals surface area contributed by atoms with Crippen molar-refractivity contribution in [2.24, 2.45) is 0 Å². The maximum atomic E-state index is 14.6. The first-order valence-corrected chi connectivity index (χ1v) is 18.4. The number of anilines is 3. The van der Waals surface area contributed by atoms with Crippen molar-refractivity contribution in [3.63, 3.8) is 0 Å². The number of unbranched alkanes of at least 4 members (excludes halogenated alkanes) is 3. The van der Waals surface area contributed by atoms with Gasteiger partial charge in [-0.25, -0.2) is 21.6 Å². The Morgan fingerprint density at radius 2 is 1.54 bits per heavy atom. The second-order valence-corrected chi connectivity index (χ2v) is 16.4. The van der Waals surface area contributed by atoms with E-state index in [0.29, 0.717) is 38.3 Å². The molecule has 0 aromatic heterocycles. The Hall–Kier alpha value is -3.46. The summed E-state index contributed by atoms with van der Waals surface area (Å²) in [5.41, 5.74) is 0.209. The Labute approximate surface area is 270 Å². The molecule has 2 aromatic carbocycles. The first-order chi connectivity index (χ1) is 21.3. The van der Waals surface area contributed by atoms with Crippen LogP contribution < -0.4 is 14.5 Å². The molecule has 0 bridgehead atoms. The molecule has 1 fully saturated rings. The minimum absolute atomic E-state index is 0.00954. The molecule has 0 aliphatic carbocycles. The van der Waals surface area contributed by atoms with Crippen LogP contribution in [0.4, 0.5) is 30.6 Å². The Bertz CT molecular complexity index is 1600. The number of nitrogens with zero attached hydrogens (tertiary/aromatic N) is 3. The molecule has 0 unspecified atom stereocenters. The number of benzene rings is 2. The molecular formula is C31H44F2N4O7S2. The topological polar surface area (TPSA) is 133 Å². The molecule has 1 N–H and O–H groups in total. The zero-order chi connectivity index (χ0) is 34.5. The summed E-state index contributed by atoms with van der Waals surface area (Å²) in [5.74, 6) is -0.698. The zero-order valence-corrected chi connectivity index (χ0v) is 28.8. The Kier molecular flexibility index (Phi) is 11.7. The molecule has 46 heavy (non-hydrogen) atoms. The van der Waals surface area contributed by atoms with Gasteiger partial charge in [-0.1, -0.05) is 26.2 Å². The lowest BCUT2D eigenvalue weighted by atomic mass is 10.1. The van der Waals surface area contributed by atoms with Crippen LogP contribution in [0.1, 0.15) is 70.2 Å². The number of hydrogen-bond donors (Lipinski definition) is 1. The fourth-order valence-electron chi connectivity index (χ4n) is 4.81. The molecular weight excluding hydrogens is 642 g/mol. The summed E-state index contributed by atoms with van der Waals surface area (Å²) in [6, 6.07) is 9.15. The molecule has 0 atom stereocenters. The molecule has 15 heteroatoms. The average molecular weight is 687 g/mol. The summed E-state index contributed by atoms with van der Waals surface area (Å²) >= 11 is 0. The number of rotatable bonds is 12. The van der Waals surface area contributed by atoms with Crippen molar-refractivity contribution in [3.05, 3.63) is 48.0 Å². The van der Waals surface area contributed by atoms with Gasteiger partial charge in [0.1, 0.15) is 5.60 Å². The maximum Gasteiger partial charge on any atom is 0.410 e. The normalized spacial score (nSPS) is 14.6. The van der Waals surface area contributed by atoms with E-state index in [4.69, 9.17) is 4.74 Å². The molecule has 1 aliphatic heterocycles. The third-order valence-electron chi connectivity index (χ3n) is 7.50. The predicted molar refractivity (Wildman–Crippen MR) is 175 cm³/mol. The van der Waals surface area contributed by atoms with Gasteiger partial charge in [-0.2, -0.15) is 8.78 Å². The Morgan fingerprint density at radius 1 is 0.935 bits per heavy atom. The lowest BCUT2D eigenvalue weighted by molar-refractivity contribution is 0.0240. The van der Waals surface area contributed by atoms with Gasteiger partial charge in [0.05, 0.1) is 22.4 Å². The van der Waals surface area contributed by atoms with E-state index in [1.165, 1.54) is 31.3 Å². The molecule has 1 aliphatic rings. The van der Waals surface area contributed by atoms with Gasteiger partial charge in [0.2, 0.25) is 19.9 Å². The highest BCUT2D eigenvalue weighted by atomic mass is 32.2. The minimum atomic E-state index is -4.95. The van der Waals surface area contributed by atoms with Crippen molar-refractivity contribution >= 4 is 48.9 Å². The molecule has 0 saturated carbocycles. The SMILES string of the molecule is CCCCCCC(F)(F)S(=O)(=O)c1ccc(NC(=O)c2cc(N3CCN(C(=O)OC(C)(C)C)CC3)ccc2N(C)S(C)(=O)=O)cc1. The van der Waals surface area contributed by atoms with Crippen molar-refractivity contribution in [1.29, 1.82) is 0 Å². The van der Waals surface area contributed by atoms with Crippen molar-refractivity contribution < 1.29 is 39.9 Å². The highest BCUT2D eigenvalue weighted by Crippen LogP contribution is 2.35. The van der Waals surface area contributed by atoms with Gasteiger partial charge in [0.25, 0.3) is 5.91 Å². The number of amides is 2. The number of nitrogens with one attached hydrogen (secondary N) is 1. The Morgan fingerprint density at radius 3 is 2.09 bits per heavy atom. The van der Waals surface area contributed by atoms with Crippen LogP contribution in [-0.4, -0.2) is 84.1 Å². The van der Waals surface area contributed by atoms with E-state index in [1.807, 2.05) is 11.8 Å². The van der Waals surface area contributed by atoms with Crippen molar-refractivity contribution in [2.75, 3.05) is 54.0 Å². The van der Waals surface area contributed by atoms with E-state index >= 15 is 0 Å². The Balaban J connectivity index is 1.82. The molecule has 2 amide bonds.